The van der Waals surface area contributed by atoms with E-state index in [4.69, 9.17) is 5.21 Å². The van der Waals surface area contributed by atoms with Crippen LogP contribution < -0.4 is 0 Å². The Morgan fingerprint density at radius 3 is 2.67 bits per heavy atom. The van der Waals surface area contributed by atoms with Crippen LogP contribution in [0.3, 0.4) is 0 Å². The van der Waals surface area contributed by atoms with Gasteiger partial charge in [0.05, 0.1) is 6.21 Å². The first-order valence-corrected chi connectivity index (χ1v) is 3.60. The number of aryl methyl sites for hydroxylation is 1. The first-order chi connectivity index (χ1) is 5.66. The lowest BCUT2D eigenvalue weighted by molar-refractivity contribution is 0.321. The topological polar surface area (TPSA) is 32.6 Å². The summed E-state index contributed by atoms with van der Waals surface area (Å²) in [6.07, 6.45) is 1.09. The quantitative estimate of drug-likeness (QED) is 0.388. The molecule has 64 valence electrons. The lowest BCUT2D eigenvalue weighted by Gasteiger charge is -2.02. The van der Waals surface area contributed by atoms with Crippen LogP contribution in [0.2, 0.25) is 0 Å². The summed E-state index contributed by atoms with van der Waals surface area (Å²) in [4.78, 5) is 0. The van der Waals surface area contributed by atoms with Gasteiger partial charge in [0.1, 0.15) is 5.82 Å². The van der Waals surface area contributed by atoms with E-state index in [0.29, 0.717) is 11.1 Å². The minimum atomic E-state index is -0.326. The molecule has 0 amide bonds. The van der Waals surface area contributed by atoms with Crippen molar-refractivity contribution in [1.29, 1.82) is 0 Å². The van der Waals surface area contributed by atoms with E-state index in [0.717, 1.165) is 11.8 Å². The van der Waals surface area contributed by atoms with E-state index in [9.17, 15) is 4.39 Å². The molecule has 0 atom stereocenters. The van der Waals surface area contributed by atoms with Crippen molar-refractivity contribution < 1.29 is 9.60 Å². The Labute approximate surface area is 70.3 Å². The van der Waals surface area contributed by atoms with Gasteiger partial charge in [0.2, 0.25) is 0 Å². The largest absolute Gasteiger partial charge is 0.411 e. The molecule has 2 nitrogen and oxygen atoms in total. The highest BCUT2D eigenvalue weighted by molar-refractivity contribution is 5.79. The molecule has 0 unspecified atom stereocenters. The number of hydrogen-bond donors (Lipinski definition) is 1. The van der Waals surface area contributed by atoms with Crippen LogP contribution in [0.4, 0.5) is 4.39 Å². The molecule has 1 N–H and O–H groups in total. The van der Waals surface area contributed by atoms with Gasteiger partial charge in [0.15, 0.2) is 0 Å². The molecule has 0 aliphatic heterocycles. The Bertz CT molecular complexity index is 321. The van der Waals surface area contributed by atoms with Crippen molar-refractivity contribution in [1.82, 2.24) is 0 Å². The van der Waals surface area contributed by atoms with Crippen LogP contribution in [0.25, 0.3) is 0 Å². The number of rotatable bonds is 1. The van der Waals surface area contributed by atoms with Crippen molar-refractivity contribution in [2.24, 2.45) is 5.16 Å². The number of oxime groups is 1. The van der Waals surface area contributed by atoms with E-state index in [2.05, 4.69) is 5.16 Å². The summed E-state index contributed by atoms with van der Waals surface area (Å²) in [7, 11) is 0. The molecule has 0 saturated heterocycles. The highest BCUT2D eigenvalue weighted by Crippen LogP contribution is 2.14. The van der Waals surface area contributed by atoms with E-state index in [1.165, 1.54) is 0 Å². The molecule has 1 rings (SSSR count). The normalized spacial score (nSPS) is 10.9. The summed E-state index contributed by atoms with van der Waals surface area (Å²) < 4.78 is 13.2. The smallest absolute Gasteiger partial charge is 0.135 e. The molecule has 12 heavy (non-hydrogen) atoms. The zero-order chi connectivity index (χ0) is 9.14. The van der Waals surface area contributed by atoms with Gasteiger partial charge in [-0.15, -0.1) is 0 Å². The second-order valence-corrected chi connectivity index (χ2v) is 2.66. The van der Waals surface area contributed by atoms with Crippen molar-refractivity contribution in [3.05, 3.63) is 34.6 Å². The molecule has 0 saturated carbocycles. The number of halogens is 1. The summed E-state index contributed by atoms with van der Waals surface area (Å²) >= 11 is 0. The first-order valence-electron chi connectivity index (χ1n) is 3.60. The van der Waals surface area contributed by atoms with Crippen molar-refractivity contribution in [3.8, 4) is 0 Å². The van der Waals surface area contributed by atoms with Crippen molar-refractivity contribution in [3.63, 3.8) is 0 Å². The molecule has 0 radical (unpaired) electrons. The lowest BCUT2D eigenvalue weighted by Crippen LogP contribution is -1.94. The monoisotopic (exact) mass is 167 g/mol. The van der Waals surface area contributed by atoms with E-state index < -0.39 is 0 Å². The van der Waals surface area contributed by atoms with Crippen LogP contribution in [0, 0.1) is 19.7 Å². The SMILES string of the molecule is Cc1ccc(/C=N/O)c(F)c1C. The van der Waals surface area contributed by atoms with Crippen molar-refractivity contribution in [2.45, 2.75) is 13.8 Å². The molecule has 0 heterocycles. The van der Waals surface area contributed by atoms with Gasteiger partial charge in [-0.05, 0) is 25.0 Å². The standard InChI is InChI=1S/C9H10FNO/c1-6-3-4-8(5-11-12)9(10)7(6)2/h3-5,12H,1-2H3/b11-5+. The van der Waals surface area contributed by atoms with Crippen molar-refractivity contribution >= 4 is 6.21 Å². The second-order valence-electron chi connectivity index (χ2n) is 2.66. The molecular weight excluding hydrogens is 157 g/mol. The van der Waals surface area contributed by atoms with Crippen LogP contribution >= 0.6 is 0 Å². The fraction of sp³-hybridized carbons (Fsp3) is 0.222. The predicted octanol–water partition coefficient (Wildman–Crippen LogP) is 2.25. The third-order valence-electron chi connectivity index (χ3n) is 1.88. The summed E-state index contributed by atoms with van der Waals surface area (Å²) in [6.45, 7) is 3.53. The predicted molar refractivity (Wildman–Crippen MR) is 45.3 cm³/mol. The van der Waals surface area contributed by atoms with E-state index >= 15 is 0 Å². The van der Waals surface area contributed by atoms with Gasteiger partial charge in [-0.25, -0.2) is 4.39 Å². The zero-order valence-corrected chi connectivity index (χ0v) is 7.00. The van der Waals surface area contributed by atoms with Crippen LogP contribution in [0.15, 0.2) is 17.3 Å². The summed E-state index contributed by atoms with van der Waals surface area (Å²) in [5.74, 6) is -0.326. The van der Waals surface area contributed by atoms with Crippen LogP contribution in [-0.2, 0) is 0 Å². The molecule has 1 aromatic carbocycles. The van der Waals surface area contributed by atoms with Gasteiger partial charge in [0, 0.05) is 5.56 Å². The maximum Gasteiger partial charge on any atom is 0.135 e. The van der Waals surface area contributed by atoms with E-state index in [-0.39, 0.29) is 5.82 Å². The number of benzene rings is 1. The van der Waals surface area contributed by atoms with Gasteiger partial charge in [-0.2, -0.15) is 0 Å². The third kappa shape index (κ3) is 1.44. The van der Waals surface area contributed by atoms with E-state index in [1.807, 2.05) is 6.92 Å². The summed E-state index contributed by atoms with van der Waals surface area (Å²) in [6, 6.07) is 3.37. The number of hydrogen-bond acceptors (Lipinski definition) is 2. The van der Waals surface area contributed by atoms with Crippen molar-refractivity contribution in [2.75, 3.05) is 0 Å². The van der Waals surface area contributed by atoms with Crippen LogP contribution in [0.5, 0.6) is 0 Å². The van der Waals surface area contributed by atoms with Crippen LogP contribution in [0.1, 0.15) is 16.7 Å². The second kappa shape index (κ2) is 3.34. The molecule has 0 aliphatic rings. The average Bonchev–Trinajstić information content (AvgIpc) is 2.07. The summed E-state index contributed by atoms with van der Waals surface area (Å²) in [5.41, 5.74) is 1.79. The highest BCUT2D eigenvalue weighted by Gasteiger charge is 2.04. The molecular formula is C9H10FNO. The Morgan fingerprint density at radius 1 is 1.42 bits per heavy atom. The number of nitrogens with zero attached hydrogens (tertiary/aromatic N) is 1. The van der Waals surface area contributed by atoms with Gasteiger partial charge in [-0.3, -0.25) is 0 Å². The van der Waals surface area contributed by atoms with Gasteiger partial charge in [0.25, 0.3) is 0 Å². The van der Waals surface area contributed by atoms with Gasteiger partial charge in [-0.1, -0.05) is 17.3 Å². The average molecular weight is 167 g/mol. The highest BCUT2D eigenvalue weighted by atomic mass is 19.1. The Balaban J connectivity index is 3.26. The molecule has 0 aromatic heterocycles. The Kier molecular flexibility index (Phi) is 2.43. The molecule has 3 heteroatoms. The molecule has 1 aromatic rings. The first kappa shape index (κ1) is 8.71. The van der Waals surface area contributed by atoms with Gasteiger partial charge >= 0.3 is 0 Å². The minimum Gasteiger partial charge on any atom is -0.411 e. The van der Waals surface area contributed by atoms with Gasteiger partial charge < -0.3 is 5.21 Å². The fourth-order valence-electron chi connectivity index (χ4n) is 0.964. The fourth-order valence-corrected chi connectivity index (χ4v) is 0.964. The zero-order valence-electron chi connectivity index (χ0n) is 7.00. The molecule has 0 fully saturated rings. The minimum absolute atomic E-state index is 0.306. The third-order valence-corrected chi connectivity index (χ3v) is 1.88. The summed E-state index contributed by atoms with van der Waals surface area (Å²) in [5, 5.41) is 11.0. The molecule has 0 bridgehead atoms. The molecule has 0 aliphatic carbocycles. The lowest BCUT2D eigenvalue weighted by atomic mass is 10.1. The Hall–Kier alpha value is -1.38. The maximum absolute atomic E-state index is 13.2. The van der Waals surface area contributed by atoms with E-state index in [1.54, 1.807) is 19.1 Å². The maximum atomic E-state index is 13.2. The Morgan fingerprint density at radius 2 is 2.08 bits per heavy atom. The van der Waals surface area contributed by atoms with Crippen LogP contribution in [-0.4, -0.2) is 11.4 Å². The molecule has 0 spiro atoms.